The molecular weight excluding hydrogens is 332 g/mol. The van der Waals surface area contributed by atoms with Crippen molar-refractivity contribution in [3.8, 4) is 0 Å². The average Bonchev–Trinajstić information content (AvgIpc) is 3.31. The molecule has 0 aliphatic heterocycles. The minimum absolute atomic E-state index is 0.0522. The van der Waals surface area contributed by atoms with E-state index in [2.05, 4.69) is 11.4 Å². The van der Waals surface area contributed by atoms with Crippen molar-refractivity contribution < 1.29 is 9.90 Å². The molecule has 1 amide bonds. The molecule has 1 aromatic heterocycles. The smallest absolute Gasteiger partial charge is 0.231 e. The van der Waals surface area contributed by atoms with Gasteiger partial charge in [-0.3, -0.25) is 4.79 Å². The Morgan fingerprint density at radius 2 is 1.92 bits per heavy atom. The molecule has 1 heterocycles. The molecule has 1 aliphatic carbocycles. The number of aliphatic hydroxyl groups is 1. The quantitative estimate of drug-likeness (QED) is 0.831. The lowest BCUT2D eigenvalue weighted by Crippen LogP contribution is -2.43. The molecule has 2 N–H and O–H groups in total. The van der Waals surface area contributed by atoms with Gasteiger partial charge in [0.1, 0.15) is 0 Å². The van der Waals surface area contributed by atoms with Gasteiger partial charge in [0, 0.05) is 31.2 Å². The van der Waals surface area contributed by atoms with Crippen LogP contribution in [-0.4, -0.2) is 31.7 Å². The van der Waals surface area contributed by atoms with Gasteiger partial charge in [-0.2, -0.15) is 0 Å². The van der Waals surface area contributed by atoms with E-state index in [0.29, 0.717) is 0 Å². The minimum Gasteiger partial charge on any atom is -0.387 e. The summed E-state index contributed by atoms with van der Waals surface area (Å²) < 4.78 is 0. The molecule has 0 radical (unpaired) electrons. The summed E-state index contributed by atoms with van der Waals surface area (Å²) in [7, 11) is 3.97. The Balaban J connectivity index is 1.65. The fraction of sp³-hybridized carbons (Fsp3) is 0.450. The molecule has 0 spiro atoms. The molecule has 0 bridgehead atoms. The number of hydrogen-bond donors (Lipinski definition) is 2. The Kier molecular flexibility index (Phi) is 5.45. The molecule has 4 nitrogen and oxygen atoms in total. The Bertz CT molecular complexity index is 689. The molecule has 1 saturated carbocycles. The van der Waals surface area contributed by atoms with E-state index in [1.54, 1.807) is 11.3 Å². The van der Waals surface area contributed by atoms with Gasteiger partial charge in [0.15, 0.2) is 0 Å². The Morgan fingerprint density at radius 3 is 2.48 bits per heavy atom. The third-order valence-electron chi connectivity index (χ3n) is 5.13. The Hall–Kier alpha value is -1.85. The van der Waals surface area contributed by atoms with Crippen LogP contribution in [0.3, 0.4) is 0 Å². The van der Waals surface area contributed by atoms with Gasteiger partial charge in [0.25, 0.3) is 0 Å². The molecule has 2 aromatic rings. The summed E-state index contributed by atoms with van der Waals surface area (Å²) in [6.07, 6.45) is 3.27. The number of hydrogen-bond acceptors (Lipinski definition) is 4. The molecule has 1 fully saturated rings. The number of carbonyl (C=O) groups excluding carboxylic acids is 1. The molecule has 1 atom stereocenters. The summed E-state index contributed by atoms with van der Waals surface area (Å²) in [6, 6.07) is 11.9. The van der Waals surface area contributed by atoms with Crippen LogP contribution in [0.25, 0.3) is 0 Å². The second-order valence-corrected chi connectivity index (χ2v) is 7.93. The van der Waals surface area contributed by atoms with Crippen LogP contribution in [0.5, 0.6) is 0 Å². The second kappa shape index (κ2) is 7.58. The number of thiophene rings is 1. The number of anilines is 1. The lowest BCUT2D eigenvalue weighted by Gasteiger charge is -2.27. The summed E-state index contributed by atoms with van der Waals surface area (Å²) >= 11 is 1.65. The minimum atomic E-state index is -0.693. The standard InChI is InChI=1S/C20H26N2O2S/c1-22(2)16-9-7-15(8-10-16)17(23)14-21-19(24)20(11-3-4-12-20)18-6-5-13-25-18/h5-10,13,17,23H,3-4,11-12,14H2,1-2H3,(H,21,24)/t17-/m1/s1. The van der Waals surface area contributed by atoms with E-state index in [1.807, 2.05) is 54.7 Å². The maximum Gasteiger partial charge on any atom is 0.231 e. The largest absolute Gasteiger partial charge is 0.387 e. The normalized spacial score (nSPS) is 17.2. The lowest BCUT2D eigenvalue weighted by atomic mass is 9.83. The monoisotopic (exact) mass is 358 g/mol. The van der Waals surface area contributed by atoms with Crippen LogP contribution >= 0.6 is 11.3 Å². The first-order chi connectivity index (χ1) is 12.0. The van der Waals surface area contributed by atoms with Crippen molar-refractivity contribution in [1.82, 2.24) is 5.32 Å². The number of carbonyl (C=O) groups is 1. The first kappa shape index (κ1) is 18.0. The number of amides is 1. The first-order valence-corrected chi connectivity index (χ1v) is 9.68. The van der Waals surface area contributed by atoms with Crippen LogP contribution in [-0.2, 0) is 10.2 Å². The SMILES string of the molecule is CN(C)c1ccc([C@H](O)CNC(=O)C2(c3cccs3)CCCC2)cc1. The van der Waals surface area contributed by atoms with Crippen LogP contribution in [0.2, 0.25) is 0 Å². The molecule has 25 heavy (non-hydrogen) atoms. The number of rotatable bonds is 6. The molecule has 5 heteroatoms. The van der Waals surface area contributed by atoms with E-state index in [1.165, 1.54) is 0 Å². The molecule has 0 saturated heterocycles. The van der Waals surface area contributed by atoms with Crippen LogP contribution < -0.4 is 10.2 Å². The van der Waals surface area contributed by atoms with Crippen molar-refractivity contribution >= 4 is 22.9 Å². The van der Waals surface area contributed by atoms with Gasteiger partial charge in [-0.05, 0) is 42.0 Å². The second-order valence-electron chi connectivity index (χ2n) is 6.98. The predicted octanol–water partition coefficient (Wildman–Crippen LogP) is 3.48. The summed E-state index contributed by atoms with van der Waals surface area (Å²) in [5, 5.41) is 15.5. The molecule has 134 valence electrons. The van der Waals surface area contributed by atoms with Gasteiger partial charge >= 0.3 is 0 Å². The van der Waals surface area contributed by atoms with E-state index < -0.39 is 11.5 Å². The van der Waals surface area contributed by atoms with Crippen LogP contribution in [0.15, 0.2) is 41.8 Å². The van der Waals surface area contributed by atoms with Gasteiger partial charge in [0.05, 0.1) is 11.5 Å². The third-order valence-corrected chi connectivity index (χ3v) is 6.21. The zero-order valence-electron chi connectivity index (χ0n) is 14.9. The molecule has 0 unspecified atom stereocenters. The highest BCUT2D eigenvalue weighted by Gasteiger charge is 2.43. The van der Waals surface area contributed by atoms with Gasteiger partial charge in [-0.15, -0.1) is 11.3 Å². The molecule has 1 aromatic carbocycles. The summed E-state index contributed by atoms with van der Waals surface area (Å²) in [4.78, 5) is 16.1. The summed E-state index contributed by atoms with van der Waals surface area (Å²) in [5.41, 5.74) is 1.51. The van der Waals surface area contributed by atoms with Gasteiger partial charge < -0.3 is 15.3 Å². The highest BCUT2D eigenvalue weighted by molar-refractivity contribution is 7.10. The average molecular weight is 359 g/mol. The van der Waals surface area contributed by atoms with Gasteiger partial charge in [0.2, 0.25) is 5.91 Å². The van der Waals surface area contributed by atoms with E-state index >= 15 is 0 Å². The maximum absolute atomic E-state index is 12.9. The molecule has 1 aliphatic rings. The third kappa shape index (κ3) is 3.72. The van der Waals surface area contributed by atoms with Crippen LogP contribution in [0.1, 0.15) is 42.2 Å². The van der Waals surface area contributed by atoms with E-state index in [4.69, 9.17) is 0 Å². The van der Waals surface area contributed by atoms with Crippen molar-refractivity contribution in [2.45, 2.75) is 37.2 Å². The van der Waals surface area contributed by atoms with Crippen molar-refractivity contribution in [2.24, 2.45) is 0 Å². The zero-order chi connectivity index (χ0) is 17.9. The molecule has 3 rings (SSSR count). The fourth-order valence-corrected chi connectivity index (χ4v) is 4.57. The Morgan fingerprint density at radius 1 is 1.24 bits per heavy atom. The zero-order valence-corrected chi connectivity index (χ0v) is 15.7. The number of nitrogens with one attached hydrogen (secondary N) is 1. The fourth-order valence-electron chi connectivity index (χ4n) is 3.59. The number of benzene rings is 1. The van der Waals surface area contributed by atoms with Crippen molar-refractivity contribution in [3.05, 3.63) is 52.2 Å². The van der Waals surface area contributed by atoms with Crippen LogP contribution in [0.4, 0.5) is 5.69 Å². The van der Waals surface area contributed by atoms with Gasteiger partial charge in [-0.25, -0.2) is 0 Å². The summed E-state index contributed by atoms with van der Waals surface area (Å²) in [5.74, 6) is 0.0522. The van der Waals surface area contributed by atoms with E-state index in [-0.39, 0.29) is 12.5 Å². The first-order valence-electron chi connectivity index (χ1n) is 8.80. The van der Waals surface area contributed by atoms with Crippen molar-refractivity contribution in [3.63, 3.8) is 0 Å². The number of nitrogens with zero attached hydrogens (tertiary/aromatic N) is 1. The van der Waals surface area contributed by atoms with Crippen molar-refractivity contribution in [1.29, 1.82) is 0 Å². The maximum atomic E-state index is 12.9. The topological polar surface area (TPSA) is 52.6 Å². The molecular formula is C20H26N2O2S. The highest BCUT2D eigenvalue weighted by Crippen LogP contribution is 2.43. The van der Waals surface area contributed by atoms with Crippen LogP contribution in [0, 0.1) is 0 Å². The van der Waals surface area contributed by atoms with Crippen molar-refractivity contribution in [2.75, 3.05) is 25.5 Å². The summed E-state index contributed by atoms with van der Waals surface area (Å²) in [6.45, 7) is 0.243. The Labute approximate surface area is 153 Å². The number of aliphatic hydroxyl groups excluding tert-OH is 1. The lowest BCUT2D eigenvalue weighted by molar-refractivity contribution is -0.127. The van der Waals surface area contributed by atoms with Gasteiger partial charge in [-0.1, -0.05) is 31.0 Å². The van der Waals surface area contributed by atoms with E-state index in [0.717, 1.165) is 41.8 Å². The van der Waals surface area contributed by atoms with E-state index in [9.17, 15) is 9.90 Å². The highest BCUT2D eigenvalue weighted by atomic mass is 32.1. The predicted molar refractivity (Wildman–Crippen MR) is 103 cm³/mol.